The molecule has 2 aromatic carbocycles. The molecule has 0 bridgehead atoms. The minimum Gasteiger partial charge on any atom is -0.484 e. The number of benzene rings is 2. The number of hydrogen-bond acceptors (Lipinski definition) is 4. The summed E-state index contributed by atoms with van der Waals surface area (Å²) in [5, 5.41) is 1.74. The first kappa shape index (κ1) is 19.5. The molecule has 0 N–H and O–H groups in total. The molecule has 0 unspecified atom stereocenters. The minimum atomic E-state index is -3.30. The van der Waals surface area contributed by atoms with Crippen LogP contribution in [0.3, 0.4) is 0 Å². The van der Waals surface area contributed by atoms with Crippen molar-refractivity contribution in [3.8, 4) is 5.75 Å². The van der Waals surface area contributed by atoms with Gasteiger partial charge in [0.05, 0.1) is 11.8 Å². The Morgan fingerprint density at radius 3 is 2.33 bits per heavy atom. The molecule has 5 nitrogen and oxygen atoms in total. The van der Waals surface area contributed by atoms with Gasteiger partial charge in [0.1, 0.15) is 5.75 Å². The van der Waals surface area contributed by atoms with E-state index in [1.165, 1.54) is 10.3 Å². The van der Waals surface area contributed by atoms with Crippen molar-refractivity contribution >= 4 is 33.0 Å². The maximum absolute atomic E-state index is 13.0. The lowest BCUT2D eigenvalue weighted by Gasteiger charge is -2.28. The highest BCUT2D eigenvalue weighted by Crippen LogP contribution is 2.26. The van der Waals surface area contributed by atoms with Crippen LogP contribution in [0.4, 0.5) is 5.69 Å². The summed E-state index contributed by atoms with van der Waals surface area (Å²) in [7, 11) is -3.30. The smallest absolute Gasteiger partial charge is 0.265 e. The molecule has 0 radical (unpaired) electrons. The number of anilines is 1. The molecule has 7 heteroatoms. The van der Waals surface area contributed by atoms with Gasteiger partial charge in [-0.15, -0.1) is 0 Å². The number of sulfone groups is 1. The summed E-state index contributed by atoms with van der Waals surface area (Å²) in [6, 6.07) is 11.9. The van der Waals surface area contributed by atoms with Gasteiger partial charge in [-0.05, 0) is 67.4 Å². The molecule has 27 heavy (non-hydrogen) atoms. The van der Waals surface area contributed by atoms with Crippen LogP contribution in [0.15, 0.2) is 53.9 Å². The summed E-state index contributed by atoms with van der Waals surface area (Å²) in [6.07, 6.45) is 1.55. The highest BCUT2D eigenvalue weighted by atomic mass is 35.5. The van der Waals surface area contributed by atoms with Gasteiger partial charge in [0, 0.05) is 16.1 Å². The lowest BCUT2D eigenvalue weighted by Crippen LogP contribution is -2.43. The molecular weight excluding hydrogens is 386 g/mol. The Hall–Kier alpha value is -2.31. The van der Waals surface area contributed by atoms with Crippen LogP contribution in [0, 0.1) is 13.8 Å². The normalized spacial score (nSPS) is 17.7. The first-order valence-corrected chi connectivity index (χ1v) is 10.5. The van der Waals surface area contributed by atoms with Gasteiger partial charge in [0.2, 0.25) is 0 Å². The molecular formula is C20H20ClNO4S. The van der Waals surface area contributed by atoms with Crippen LogP contribution in [0.25, 0.3) is 0 Å². The van der Waals surface area contributed by atoms with Crippen molar-refractivity contribution in [2.75, 3.05) is 17.3 Å². The summed E-state index contributed by atoms with van der Waals surface area (Å²) in [4.78, 5) is 14.4. The van der Waals surface area contributed by atoms with E-state index in [0.717, 1.165) is 11.1 Å². The summed E-state index contributed by atoms with van der Waals surface area (Å²) < 4.78 is 29.3. The van der Waals surface area contributed by atoms with Crippen molar-refractivity contribution in [2.24, 2.45) is 0 Å². The van der Waals surface area contributed by atoms with Gasteiger partial charge in [0.25, 0.3) is 5.91 Å². The van der Waals surface area contributed by atoms with E-state index < -0.39 is 15.9 Å². The Kier molecular flexibility index (Phi) is 5.58. The molecule has 142 valence electrons. The second kappa shape index (κ2) is 7.74. The maximum atomic E-state index is 13.0. The highest BCUT2D eigenvalue weighted by Gasteiger charge is 2.31. The maximum Gasteiger partial charge on any atom is 0.265 e. The monoisotopic (exact) mass is 405 g/mol. The molecule has 1 atom stereocenters. The molecule has 0 saturated carbocycles. The number of nitrogens with zero attached hydrogens (tertiary/aromatic N) is 1. The second-order valence-corrected chi connectivity index (χ2v) is 8.95. The Labute approximate surface area is 164 Å². The van der Waals surface area contributed by atoms with E-state index >= 15 is 0 Å². The number of rotatable bonds is 5. The summed E-state index contributed by atoms with van der Waals surface area (Å²) in [5.74, 6) is 0.0663. The summed E-state index contributed by atoms with van der Waals surface area (Å²) >= 11 is 5.85. The predicted octanol–water partition coefficient (Wildman–Crippen LogP) is 3.68. The first-order valence-electron chi connectivity index (χ1n) is 8.43. The molecule has 0 spiro atoms. The van der Waals surface area contributed by atoms with E-state index in [4.69, 9.17) is 16.3 Å². The van der Waals surface area contributed by atoms with Gasteiger partial charge in [0.15, 0.2) is 16.4 Å². The fraction of sp³-hybridized carbons (Fsp3) is 0.250. The zero-order valence-corrected chi connectivity index (χ0v) is 16.6. The van der Waals surface area contributed by atoms with Crippen LogP contribution in [0.2, 0.25) is 5.02 Å². The Morgan fingerprint density at radius 1 is 1.15 bits per heavy atom. The molecule has 1 heterocycles. The molecule has 2 aromatic rings. The second-order valence-electron chi connectivity index (χ2n) is 6.58. The number of ether oxygens (including phenoxy) is 1. The third-order valence-electron chi connectivity index (χ3n) is 4.17. The van der Waals surface area contributed by atoms with Crippen molar-refractivity contribution in [2.45, 2.75) is 19.9 Å². The fourth-order valence-electron chi connectivity index (χ4n) is 3.08. The zero-order chi connectivity index (χ0) is 19.6. The van der Waals surface area contributed by atoms with Gasteiger partial charge in [-0.25, -0.2) is 8.42 Å². The lowest BCUT2D eigenvalue weighted by atomic mass is 10.1. The Balaban J connectivity index is 1.85. The first-order chi connectivity index (χ1) is 12.7. The van der Waals surface area contributed by atoms with Crippen molar-refractivity contribution in [1.82, 2.24) is 0 Å². The Bertz CT molecular complexity index is 963. The number of halogens is 1. The minimum absolute atomic E-state index is 0.132. The van der Waals surface area contributed by atoms with Gasteiger partial charge >= 0.3 is 0 Å². The number of amides is 1. The van der Waals surface area contributed by atoms with E-state index in [9.17, 15) is 13.2 Å². The average molecular weight is 406 g/mol. The molecule has 0 fully saturated rings. The van der Waals surface area contributed by atoms with Crippen LogP contribution in [0.5, 0.6) is 5.75 Å². The van der Waals surface area contributed by atoms with Crippen molar-refractivity contribution in [1.29, 1.82) is 0 Å². The van der Waals surface area contributed by atoms with Gasteiger partial charge in [-0.2, -0.15) is 0 Å². The van der Waals surface area contributed by atoms with Crippen LogP contribution >= 0.6 is 11.6 Å². The highest BCUT2D eigenvalue weighted by molar-refractivity contribution is 7.94. The molecule has 1 aliphatic heterocycles. The van der Waals surface area contributed by atoms with E-state index in [-0.39, 0.29) is 18.3 Å². The van der Waals surface area contributed by atoms with Crippen molar-refractivity contribution < 1.29 is 17.9 Å². The van der Waals surface area contributed by atoms with E-state index in [0.29, 0.717) is 16.5 Å². The largest absolute Gasteiger partial charge is 0.484 e. The van der Waals surface area contributed by atoms with Gasteiger partial charge in [-0.1, -0.05) is 17.7 Å². The molecule has 0 aromatic heterocycles. The summed E-state index contributed by atoms with van der Waals surface area (Å²) in [6.45, 7) is 3.66. The van der Waals surface area contributed by atoms with Crippen LogP contribution < -0.4 is 9.64 Å². The van der Waals surface area contributed by atoms with Gasteiger partial charge in [-0.3, -0.25) is 4.79 Å². The topological polar surface area (TPSA) is 63.7 Å². The number of carbonyl (C=O) groups is 1. The van der Waals surface area contributed by atoms with Crippen molar-refractivity contribution in [3.63, 3.8) is 0 Å². The molecule has 0 aliphatic carbocycles. The number of carbonyl (C=O) groups excluding carboxylic acids is 1. The third kappa shape index (κ3) is 4.90. The average Bonchev–Trinajstić information content (AvgIpc) is 2.93. The standard InChI is InChI=1S/C20H20ClNO4S/c1-14-9-15(2)11-18(10-14)22(17-7-8-27(24,25)13-17)20(23)12-26-19-5-3-16(21)4-6-19/h3-11,17H,12-13H2,1-2H3/t17-/m0/s1. The predicted molar refractivity (Wildman–Crippen MR) is 107 cm³/mol. The van der Waals surface area contributed by atoms with E-state index in [1.807, 2.05) is 32.0 Å². The lowest BCUT2D eigenvalue weighted by molar-refractivity contribution is -0.120. The van der Waals surface area contributed by atoms with Crippen LogP contribution in [0.1, 0.15) is 11.1 Å². The van der Waals surface area contributed by atoms with Crippen LogP contribution in [-0.4, -0.2) is 32.7 Å². The van der Waals surface area contributed by atoms with Crippen molar-refractivity contribution in [3.05, 3.63) is 70.1 Å². The third-order valence-corrected chi connectivity index (χ3v) is 5.80. The molecule has 0 saturated heterocycles. The fourth-order valence-corrected chi connectivity index (χ4v) is 4.47. The number of aryl methyl sites for hydroxylation is 2. The number of hydrogen-bond donors (Lipinski definition) is 0. The van der Waals surface area contributed by atoms with E-state index in [1.54, 1.807) is 30.3 Å². The zero-order valence-electron chi connectivity index (χ0n) is 15.1. The quantitative estimate of drug-likeness (QED) is 0.761. The summed E-state index contributed by atoms with van der Waals surface area (Å²) in [5.41, 5.74) is 2.64. The van der Waals surface area contributed by atoms with Crippen LogP contribution in [-0.2, 0) is 14.6 Å². The molecule has 1 amide bonds. The molecule has 1 aliphatic rings. The molecule has 3 rings (SSSR count). The SMILES string of the molecule is Cc1cc(C)cc(N(C(=O)COc2ccc(Cl)cc2)[C@H]2C=CS(=O)(=O)C2)c1. The van der Waals surface area contributed by atoms with E-state index in [2.05, 4.69) is 0 Å². The van der Waals surface area contributed by atoms with Gasteiger partial charge < -0.3 is 9.64 Å². The Morgan fingerprint density at radius 2 is 1.78 bits per heavy atom.